The van der Waals surface area contributed by atoms with Crippen molar-refractivity contribution < 1.29 is 9.32 Å². The van der Waals surface area contributed by atoms with Gasteiger partial charge in [0, 0.05) is 12.1 Å². The van der Waals surface area contributed by atoms with Gasteiger partial charge in [-0.1, -0.05) is 41.4 Å². The summed E-state index contributed by atoms with van der Waals surface area (Å²) in [5.74, 6) is 3.42. The Morgan fingerprint density at radius 1 is 1.39 bits per heavy atom. The number of terminal acetylenes is 1. The highest BCUT2D eigenvalue weighted by molar-refractivity contribution is 5.75. The van der Waals surface area contributed by atoms with Gasteiger partial charge in [0.1, 0.15) is 6.04 Å². The topological polar surface area (TPSA) is 71.3 Å². The van der Waals surface area contributed by atoms with Crippen molar-refractivity contribution in [2.75, 3.05) is 13.1 Å². The number of hydrogen-bond acceptors (Lipinski definition) is 4. The van der Waals surface area contributed by atoms with Crippen LogP contribution in [-0.2, 0) is 0 Å². The minimum absolute atomic E-state index is 0.188. The van der Waals surface area contributed by atoms with Crippen molar-refractivity contribution in [1.82, 2.24) is 20.4 Å². The molecule has 0 bridgehead atoms. The predicted molar refractivity (Wildman–Crippen MR) is 85.3 cm³/mol. The Morgan fingerprint density at radius 3 is 3.00 bits per heavy atom. The van der Waals surface area contributed by atoms with Crippen molar-refractivity contribution in [3.05, 3.63) is 36.2 Å². The third kappa shape index (κ3) is 3.34. The Balaban J connectivity index is 1.80. The summed E-state index contributed by atoms with van der Waals surface area (Å²) in [4.78, 5) is 18.4. The summed E-state index contributed by atoms with van der Waals surface area (Å²) in [6, 6.07) is 9.23. The fourth-order valence-electron chi connectivity index (χ4n) is 2.73. The molecule has 0 saturated carbocycles. The average molecular weight is 310 g/mol. The van der Waals surface area contributed by atoms with Crippen LogP contribution in [-0.4, -0.2) is 34.2 Å². The Morgan fingerprint density at radius 2 is 2.22 bits per heavy atom. The number of rotatable bonds is 3. The van der Waals surface area contributed by atoms with E-state index < -0.39 is 0 Å². The molecule has 1 fully saturated rings. The molecule has 1 N–H and O–H groups in total. The quantitative estimate of drug-likeness (QED) is 0.885. The molecule has 23 heavy (non-hydrogen) atoms. The number of piperidine rings is 1. The van der Waals surface area contributed by atoms with Crippen LogP contribution in [0.5, 0.6) is 0 Å². The number of nitrogens with one attached hydrogen (secondary N) is 1. The summed E-state index contributed by atoms with van der Waals surface area (Å²) in [7, 11) is 0. The van der Waals surface area contributed by atoms with E-state index in [0.717, 1.165) is 24.8 Å². The van der Waals surface area contributed by atoms with Crippen molar-refractivity contribution in [2.45, 2.75) is 25.3 Å². The van der Waals surface area contributed by atoms with E-state index in [4.69, 9.17) is 10.9 Å². The number of urea groups is 1. The van der Waals surface area contributed by atoms with Crippen molar-refractivity contribution in [3.8, 4) is 23.7 Å². The Labute approximate surface area is 134 Å². The molecule has 0 radical (unpaired) electrons. The lowest BCUT2D eigenvalue weighted by molar-refractivity contribution is 0.133. The third-order valence-electron chi connectivity index (χ3n) is 3.86. The zero-order valence-electron chi connectivity index (χ0n) is 12.7. The molecule has 118 valence electrons. The zero-order valence-corrected chi connectivity index (χ0v) is 12.7. The van der Waals surface area contributed by atoms with E-state index >= 15 is 0 Å². The summed E-state index contributed by atoms with van der Waals surface area (Å²) in [6.07, 6.45) is 7.98. The minimum atomic E-state index is -0.202. The van der Waals surface area contributed by atoms with Crippen molar-refractivity contribution in [2.24, 2.45) is 0 Å². The summed E-state index contributed by atoms with van der Waals surface area (Å²) < 4.78 is 5.42. The van der Waals surface area contributed by atoms with E-state index in [2.05, 4.69) is 21.4 Å². The van der Waals surface area contributed by atoms with E-state index in [1.54, 1.807) is 4.90 Å². The molecular weight excluding hydrogens is 292 g/mol. The standard InChI is InChI=1S/C17H18N4O2/c1-2-11-18-17(22)21-12-7-6-10-14(21)16-19-15(20-23-16)13-8-4-3-5-9-13/h1,3-5,8-9,14H,6-7,10-12H2,(H,18,22)/t14-/m0/s1. The molecule has 2 heterocycles. The SMILES string of the molecule is C#CCNC(=O)N1CCCC[C@H]1c1nc(-c2ccccc2)no1. The van der Waals surface area contributed by atoms with Crippen molar-refractivity contribution >= 4 is 6.03 Å². The molecular formula is C17H18N4O2. The van der Waals surface area contributed by atoms with Crippen LogP contribution in [0.25, 0.3) is 11.4 Å². The van der Waals surface area contributed by atoms with Crippen LogP contribution in [0.4, 0.5) is 4.79 Å². The fraction of sp³-hybridized carbons (Fsp3) is 0.353. The third-order valence-corrected chi connectivity index (χ3v) is 3.86. The number of likely N-dealkylation sites (tertiary alicyclic amines) is 1. The first-order chi connectivity index (χ1) is 11.3. The number of amides is 2. The van der Waals surface area contributed by atoms with E-state index in [1.807, 2.05) is 30.3 Å². The monoisotopic (exact) mass is 310 g/mol. The smallest absolute Gasteiger partial charge is 0.318 e. The molecule has 1 saturated heterocycles. The lowest BCUT2D eigenvalue weighted by Crippen LogP contribution is -2.44. The zero-order chi connectivity index (χ0) is 16.1. The average Bonchev–Trinajstić information content (AvgIpc) is 3.10. The lowest BCUT2D eigenvalue weighted by Gasteiger charge is -2.33. The van der Waals surface area contributed by atoms with Crippen molar-refractivity contribution in [3.63, 3.8) is 0 Å². The highest BCUT2D eigenvalue weighted by Gasteiger charge is 2.32. The van der Waals surface area contributed by atoms with Gasteiger partial charge in [0.2, 0.25) is 11.7 Å². The number of nitrogens with zero attached hydrogens (tertiary/aromatic N) is 3. The second kappa shape index (κ2) is 6.97. The number of benzene rings is 1. The number of carbonyl (C=O) groups is 1. The van der Waals surface area contributed by atoms with Gasteiger partial charge in [-0.3, -0.25) is 0 Å². The maximum Gasteiger partial charge on any atom is 0.318 e. The van der Waals surface area contributed by atoms with Gasteiger partial charge in [-0.15, -0.1) is 6.42 Å². The van der Waals surface area contributed by atoms with Crippen molar-refractivity contribution in [1.29, 1.82) is 0 Å². The van der Waals surface area contributed by atoms with Crippen LogP contribution in [0.2, 0.25) is 0 Å². The maximum absolute atomic E-state index is 12.2. The molecule has 1 aromatic heterocycles. The highest BCUT2D eigenvalue weighted by Crippen LogP contribution is 2.31. The molecule has 0 unspecified atom stereocenters. The van der Waals surface area contributed by atoms with Crippen LogP contribution in [0.15, 0.2) is 34.9 Å². The predicted octanol–water partition coefficient (Wildman–Crippen LogP) is 2.61. The largest absolute Gasteiger partial charge is 0.337 e. The van der Waals surface area contributed by atoms with Gasteiger partial charge in [0.05, 0.1) is 6.54 Å². The van der Waals surface area contributed by atoms with Gasteiger partial charge in [-0.25, -0.2) is 4.79 Å². The number of carbonyl (C=O) groups excluding carboxylic acids is 1. The highest BCUT2D eigenvalue weighted by atomic mass is 16.5. The molecule has 6 nitrogen and oxygen atoms in total. The van der Waals surface area contributed by atoms with Crippen LogP contribution in [0.1, 0.15) is 31.2 Å². The molecule has 0 aliphatic carbocycles. The number of hydrogen-bond donors (Lipinski definition) is 1. The van der Waals surface area contributed by atoms with E-state index in [0.29, 0.717) is 18.3 Å². The molecule has 2 amide bonds. The first-order valence-corrected chi connectivity index (χ1v) is 7.66. The van der Waals surface area contributed by atoms with Gasteiger partial charge in [0.15, 0.2) is 0 Å². The minimum Gasteiger partial charge on any atom is -0.337 e. The van der Waals surface area contributed by atoms with Gasteiger partial charge >= 0.3 is 6.03 Å². The molecule has 6 heteroatoms. The van der Waals surface area contributed by atoms with E-state index in [1.165, 1.54) is 0 Å². The fourth-order valence-corrected chi connectivity index (χ4v) is 2.73. The summed E-state index contributed by atoms with van der Waals surface area (Å²) in [5.41, 5.74) is 0.890. The summed E-state index contributed by atoms with van der Waals surface area (Å²) >= 11 is 0. The lowest BCUT2D eigenvalue weighted by atomic mass is 10.0. The summed E-state index contributed by atoms with van der Waals surface area (Å²) in [5, 5.41) is 6.74. The number of aromatic nitrogens is 2. The molecule has 1 atom stereocenters. The van der Waals surface area contributed by atoms with Gasteiger partial charge < -0.3 is 14.7 Å². The van der Waals surface area contributed by atoms with E-state index in [-0.39, 0.29) is 18.6 Å². The first-order valence-electron chi connectivity index (χ1n) is 7.66. The normalized spacial score (nSPS) is 17.5. The van der Waals surface area contributed by atoms with Crippen LogP contribution < -0.4 is 5.32 Å². The molecule has 0 spiro atoms. The van der Waals surface area contributed by atoms with Crippen LogP contribution in [0, 0.1) is 12.3 Å². The molecule has 3 rings (SSSR count). The maximum atomic E-state index is 12.2. The Bertz CT molecular complexity index is 705. The van der Waals surface area contributed by atoms with Crippen LogP contribution in [0.3, 0.4) is 0 Å². The second-order valence-electron chi connectivity index (χ2n) is 5.39. The molecule has 1 aromatic carbocycles. The molecule has 1 aliphatic heterocycles. The molecule has 1 aliphatic rings. The first kappa shape index (κ1) is 15.1. The van der Waals surface area contributed by atoms with E-state index in [9.17, 15) is 4.79 Å². The van der Waals surface area contributed by atoms with Crippen LogP contribution >= 0.6 is 0 Å². The van der Waals surface area contributed by atoms with Gasteiger partial charge in [-0.2, -0.15) is 4.98 Å². The summed E-state index contributed by atoms with van der Waals surface area (Å²) in [6.45, 7) is 0.866. The van der Waals surface area contributed by atoms with Gasteiger partial charge in [-0.05, 0) is 19.3 Å². The van der Waals surface area contributed by atoms with Gasteiger partial charge in [0.25, 0.3) is 0 Å². The Hall–Kier alpha value is -2.81. The molecule has 2 aromatic rings. The Kier molecular flexibility index (Phi) is 4.57. The second-order valence-corrected chi connectivity index (χ2v) is 5.39.